The number of halogens is 1. The van der Waals surface area contributed by atoms with Crippen LogP contribution >= 0.6 is 0 Å². The molecule has 0 fully saturated rings. The van der Waals surface area contributed by atoms with Crippen LogP contribution in [0.2, 0.25) is 0 Å². The molecule has 0 spiro atoms. The van der Waals surface area contributed by atoms with Gasteiger partial charge in [0, 0.05) is 53.6 Å². The Labute approximate surface area is 357 Å². The maximum absolute atomic E-state index is 14.8. The fourth-order valence-electron chi connectivity index (χ4n) is 6.81. The van der Waals surface area contributed by atoms with E-state index in [1.165, 1.54) is 6.07 Å². The standard InChI is InChI=1S/C45H42FN11O4S/c1-6-61-40-19-15-31(20-39(40)46)41-28(2)22-47-44(52-41)50-35-24-49-57(27-35)25-32-14-18-36(60-5)21-38(32)43-29(3)42(53-45(54-43)51-34-23-48-56(4)26-34)30-12-16-33(17-13-30)55-62(58,59)37-10-8-7-9-11-37/h7-24,26-27,55H,6,25H2,1-5H3,(H,47,50,52)(H,51,53,54). The molecular weight excluding hydrogens is 810 g/mol. The number of hydrogen-bond acceptors (Lipinski definition) is 12. The second-order valence-electron chi connectivity index (χ2n) is 14.3. The van der Waals surface area contributed by atoms with Crippen molar-refractivity contribution in [2.75, 3.05) is 29.1 Å². The minimum absolute atomic E-state index is 0.164. The van der Waals surface area contributed by atoms with E-state index in [0.717, 1.165) is 27.8 Å². The summed E-state index contributed by atoms with van der Waals surface area (Å²) in [4.78, 5) is 19.3. The van der Waals surface area contributed by atoms with E-state index in [0.29, 0.717) is 70.5 Å². The summed E-state index contributed by atoms with van der Waals surface area (Å²) in [6.07, 6.45) is 8.70. The van der Waals surface area contributed by atoms with Crippen molar-refractivity contribution in [2.45, 2.75) is 32.2 Å². The molecule has 4 heterocycles. The van der Waals surface area contributed by atoms with E-state index in [2.05, 4.69) is 30.5 Å². The van der Waals surface area contributed by atoms with Gasteiger partial charge in [0.25, 0.3) is 10.0 Å². The van der Waals surface area contributed by atoms with Crippen LogP contribution in [0, 0.1) is 19.7 Å². The van der Waals surface area contributed by atoms with Gasteiger partial charge in [-0.1, -0.05) is 36.4 Å². The van der Waals surface area contributed by atoms with Gasteiger partial charge in [0.05, 0.1) is 66.0 Å². The summed E-state index contributed by atoms with van der Waals surface area (Å²) in [7, 11) is -0.360. The molecule has 0 unspecified atom stereocenters. The Kier molecular flexibility index (Phi) is 11.6. The summed E-state index contributed by atoms with van der Waals surface area (Å²) in [5.74, 6) is 0.995. The third-order valence-electron chi connectivity index (χ3n) is 9.84. The summed E-state index contributed by atoms with van der Waals surface area (Å²) < 4.78 is 58.0. The van der Waals surface area contributed by atoms with Crippen molar-refractivity contribution >= 4 is 39.0 Å². The van der Waals surface area contributed by atoms with Crippen LogP contribution in [0.25, 0.3) is 33.8 Å². The lowest BCUT2D eigenvalue weighted by molar-refractivity contribution is 0.321. The average Bonchev–Trinajstić information content (AvgIpc) is 3.90. The predicted octanol–water partition coefficient (Wildman–Crippen LogP) is 8.70. The highest BCUT2D eigenvalue weighted by Gasteiger charge is 2.20. The van der Waals surface area contributed by atoms with Crippen LogP contribution in [0.3, 0.4) is 0 Å². The Bertz CT molecular complexity index is 2990. The van der Waals surface area contributed by atoms with Gasteiger partial charge in [0.2, 0.25) is 11.9 Å². The number of anilines is 5. The van der Waals surface area contributed by atoms with E-state index in [9.17, 15) is 12.8 Å². The highest BCUT2D eigenvalue weighted by Crippen LogP contribution is 2.36. The maximum atomic E-state index is 14.8. The van der Waals surface area contributed by atoms with Crippen molar-refractivity contribution in [1.82, 2.24) is 39.5 Å². The van der Waals surface area contributed by atoms with Gasteiger partial charge < -0.3 is 20.1 Å². The Morgan fingerprint density at radius 2 is 1.45 bits per heavy atom. The molecule has 17 heteroatoms. The first-order valence-corrected chi connectivity index (χ1v) is 21.0. The Morgan fingerprint density at radius 3 is 2.18 bits per heavy atom. The third kappa shape index (κ3) is 9.07. The van der Waals surface area contributed by atoms with E-state index < -0.39 is 15.8 Å². The van der Waals surface area contributed by atoms with Crippen LogP contribution in [0.5, 0.6) is 11.5 Å². The Hall–Kier alpha value is -7.66. The van der Waals surface area contributed by atoms with Crippen molar-refractivity contribution < 1.29 is 22.3 Å². The number of benzene rings is 4. The molecule has 0 aliphatic rings. The van der Waals surface area contributed by atoms with Crippen molar-refractivity contribution in [3.63, 3.8) is 0 Å². The fourth-order valence-corrected chi connectivity index (χ4v) is 7.89. The van der Waals surface area contributed by atoms with Gasteiger partial charge in [-0.15, -0.1) is 0 Å². The molecule has 0 aliphatic heterocycles. The van der Waals surface area contributed by atoms with Crippen LogP contribution in [0.15, 0.2) is 127 Å². The SMILES string of the molecule is CCOc1ccc(-c2nc(Nc3cnn(Cc4ccc(OC)cc4-c4nc(Nc5cnn(C)c5)nc(-c5ccc(NS(=O)(=O)c6ccccc6)cc5)c4C)c3)ncc2C)cc1F. The minimum atomic E-state index is -3.79. The van der Waals surface area contributed by atoms with Gasteiger partial charge in [-0.25, -0.2) is 32.7 Å². The molecule has 0 saturated heterocycles. The zero-order valence-corrected chi connectivity index (χ0v) is 35.3. The molecule has 15 nitrogen and oxygen atoms in total. The predicted molar refractivity (Wildman–Crippen MR) is 236 cm³/mol. The number of aryl methyl sites for hydroxylation is 2. The van der Waals surface area contributed by atoms with Crippen LogP contribution in [-0.2, 0) is 23.6 Å². The Balaban J connectivity index is 1.10. The lowest BCUT2D eigenvalue weighted by Gasteiger charge is -2.17. The molecule has 314 valence electrons. The van der Waals surface area contributed by atoms with Crippen molar-refractivity contribution in [3.8, 4) is 45.3 Å². The number of nitrogens with zero attached hydrogens (tertiary/aromatic N) is 8. The molecule has 4 aromatic heterocycles. The van der Waals surface area contributed by atoms with E-state index >= 15 is 0 Å². The van der Waals surface area contributed by atoms with Crippen molar-refractivity contribution in [1.29, 1.82) is 0 Å². The molecule has 62 heavy (non-hydrogen) atoms. The molecule has 0 atom stereocenters. The van der Waals surface area contributed by atoms with Crippen LogP contribution in [0.4, 0.5) is 33.3 Å². The summed E-state index contributed by atoms with van der Waals surface area (Å²) in [6.45, 7) is 6.33. The second-order valence-corrected chi connectivity index (χ2v) is 16.0. The number of rotatable bonds is 15. The van der Waals surface area contributed by atoms with Gasteiger partial charge >= 0.3 is 0 Å². The lowest BCUT2D eigenvalue weighted by Crippen LogP contribution is -2.12. The van der Waals surface area contributed by atoms with Crippen LogP contribution in [0.1, 0.15) is 23.6 Å². The van der Waals surface area contributed by atoms with Crippen molar-refractivity contribution in [2.24, 2.45) is 7.05 Å². The molecule has 0 aliphatic carbocycles. The average molecular weight is 852 g/mol. The van der Waals surface area contributed by atoms with Gasteiger partial charge in [-0.05, 0) is 86.5 Å². The molecule has 0 saturated carbocycles. The summed E-state index contributed by atoms with van der Waals surface area (Å²) in [5, 5.41) is 15.4. The number of sulfonamides is 1. The third-order valence-corrected chi connectivity index (χ3v) is 11.2. The normalized spacial score (nSPS) is 11.3. The van der Waals surface area contributed by atoms with Gasteiger partial charge in [0.1, 0.15) is 5.75 Å². The van der Waals surface area contributed by atoms with Crippen molar-refractivity contribution in [3.05, 3.63) is 144 Å². The van der Waals surface area contributed by atoms with E-state index in [1.54, 1.807) is 96.6 Å². The van der Waals surface area contributed by atoms with Gasteiger partial charge in [0.15, 0.2) is 11.6 Å². The van der Waals surface area contributed by atoms with Crippen LogP contribution in [-0.4, -0.2) is 61.6 Å². The molecule has 8 aromatic rings. The quantitative estimate of drug-likeness (QED) is 0.0896. The largest absolute Gasteiger partial charge is 0.497 e. The summed E-state index contributed by atoms with van der Waals surface area (Å²) >= 11 is 0. The number of ether oxygens (including phenoxy) is 2. The topological polar surface area (TPSA) is 176 Å². The van der Waals surface area contributed by atoms with Gasteiger partial charge in [-0.3, -0.25) is 14.1 Å². The highest BCUT2D eigenvalue weighted by molar-refractivity contribution is 7.92. The Morgan fingerprint density at radius 1 is 0.742 bits per heavy atom. The maximum Gasteiger partial charge on any atom is 0.261 e. The zero-order chi connectivity index (χ0) is 43.4. The number of hydrogen-bond donors (Lipinski definition) is 3. The minimum Gasteiger partial charge on any atom is -0.497 e. The molecule has 4 aromatic carbocycles. The molecule has 8 rings (SSSR count). The van der Waals surface area contributed by atoms with Crippen LogP contribution < -0.4 is 24.8 Å². The zero-order valence-electron chi connectivity index (χ0n) is 34.5. The number of methoxy groups -OCH3 is 1. The summed E-state index contributed by atoms with van der Waals surface area (Å²) in [6, 6.07) is 25.8. The van der Waals surface area contributed by atoms with Gasteiger partial charge in [-0.2, -0.15) is 10.2 Å². The first-order valence-electron chi connectivity index (χ1n) is 19.5. The number of aromatic nitrogens is 8. The smallest absolute Gasteiger partial charge is 0.261 e. The number of nitrogens with one attached hydrogen (secondary N) is 3. The second kappa shape index (κ2) is 17.5. The lowest BCUT2D eigenvalue weighted by atomic mass is 9.97. The van der Waals surface area contributed by atoms with E-state index in [1.807, 2.05) is 63.6 Å². The monoisotopic (exact) mass is 851 g/mol. The molecular formula is C45H42FN11O4S. The first-order chi connectivity index (χ1) is 30.0. The molecule has 3 N–H and O–H groups in total. The molecule has 0 bridgehead atoms. The fraction of sp³-hybridized carbons (Fsp3) is 0.156. The first kappa shape index (κ1) is 41.1. The molecule has 0 radical (unpaired) electrons. The highest BCUT2D eigenvalue weighted by atomic mass is 32.2. The summed E-state index contributed by atoms with van der Waals surface area (Å²) in [5.41, 5.74) is 8.16. The molecule has 0 amide bonds. The van der Waals surface area contributed by atoms with E-state index in [4.69, 9.17) is 24.4 Å². The van der Waals surface area contributed by atoms with E-state index in [-0.39, 0.29) is 10.6 Å².